The largest absolute Gasteiger partial charge is 0.497 e. The lowest BCUT2D eigenvalue weighted by Gasteiger charge is -2.19. The molecular formula is C17H21NO2. The van der Waals surface area contributed by atoms with Gasteiger partial charge in [-0.25, -0.2) is 0 Å². The van der Waals surface area contributed by atoms with Crippen molar-refractivity contribution >= 4 is 5.69 Å². The predicted octanol–water partition coefficient (Wildman–Crippen LogP) is 4.27. The molecule has 0 saturated heterocycles. The minimum Gasteiger partial charge on any atom is -0.497 e. The molecule has 2 rings (SSSR count). The number of benzene rings is 2. The molecular weight excluding hydrogens is 250 g/mol. The number of nitrogens with one attached hydrogen (secondary N) is 1. The Morgan fingerprint density at radius 2 is 1.65 bits per heavy atom. The summed E-state index contributed by atoms with van der Waals surface area (Å²) in [5.74, 6) is 1.74. The highest BCUT2D eigenvalue weighted by molar-refractivity contribution is 5.50. The molecule has 0 fully saturated rings. The standard InChI is InChI=1S/C17H21NO2/c1-4-17(13-8-10-15(19-2)11-9-13)18-14-6-5-7-16(12-14)20-3/h5-12,17-18H,4H2,1-3H3. The molecule has 0 radical (unpaired) electrons. The lowest BCUT2D eigenvalue weighted by Crippen LogP contribution is -2.09. The summed E-state index contributed by atoms with van der Waals surface area (Å²) in [4.78, 5) is 0. The van der Waals surface area contributed by atoms with E-state index in [1.54, 1.807) is 14.2 Å². The van der Waals surface area contributed by atoms with E-state index in [9.17, 15) is 0 Å². The van der Waals surface area contributed by atoms with Crippen molar-refractivity contribution in [3.8, 4) is 11.5 Å². The molecule has 2 aromatic carbocycles. The average molecular weight is 271 g/mol. The zero-order valence-corrected chi connectivity index (χ0v) is 12.2. The molecule has 1 N–H and O–H groups in total. The SMILES string of the molecule is CCC(Nc1cccc(OC)c1)c1ccc(OC)cc1. The van der Waals surface area contributed by atoms with Gasteiger partial charge in [0.05, 0.1) is 20.3 Å². The van der Waals surface area contributed by atoms with Crippen LogP contribution in [-0.4, -0.2) is 14.2 Å². The maximum absolute atomic E-state index is 5.25. The van der Waals surface area contributed by atoms with Gasteiger partial charge >= 0.3 is 0 Å². The molecule has 0 amide bonds. The lowest BCUT2D eigenvalue weighted by molar-refractivity contribution is 0.414. The zero-order chi connectivity index (χ0) is 14.4. The van der Waals surface area contributed by atoms with Crippen LogP contribution in [0.25, 0.3) is 0 Å². The summed E-state index contributed by atoms with van der Waals surface area (Å²) in [5.41, 5.74) is 2.31. The zero-order valence-electron chi connectivity index (χ0n) is 12.2. The van der Waals surface area contributed by atoms with Crippen molar-refractivity contribution in [2.24, 2.45) is 0 Å². The van der Waals surface area contributed by atoms with Gasteiger partial charge in [0, 0.05) is 11.8 Å². The van der Waals surface area contributed by atoms with Crippen LogP contribution in [0, 0.1) is 0 Å². The van der Waals surface area contributed by atoms with Gasteiger partial charge in [-0.3, -0.25) is 0 Å². The van der Waals surface area contributed by atoms with Crippen molar-refractivity contribution < 1.29 is 9.47 Å². The van der Waals surface area contributed by atoms with E-state index in [-0.39, 0.29) is 6.04 Å². The van der Waals surface area contributed by atoms with Gasteiger partial charge < -0.3 is 14.8 Å². The van der Waals surface area contributed by atoms with Crippen LogP contribution in [0.2, 0.25) is 0 Å². The fourth-order valence-electron chi connectivity index (χ4n) is 2.17. The van der Waals surface area contributed by atoms with Crippen LogP contribution >= 0.6 is 0 Å². The van der Waals surface area contributed by atoms with E-state index in [1.165, 1.54) is 5.56 Å². The first kappa shape index (κ1) is 14.3. The monoisotopic (exact) mass is 271 g/mol. The van der Waals surface area contributed by atoms with E-state index >= 15 is 0 Å². The van der Waals surface area contributed by atoms with Crippen molar-refractivity contribution in [3.05, 3.63) is 54.1 Å². The molecule has 0 spiro atoms. The molecule has 0 saturated carbocycles. The van der Waals surface area contributed by atoms with Crippen LogP contribution in [0.5, 0.6) is 11.5 Å². The summed E-state index contributed by atoms with van der Waals surface area (Å²) in [6.45, 7) is 2.17. The molecule has 0 heterocycles. The summed E-state index contributed by atoms with van der Waals surface area (Å²) in [5, 5.41) is 3.54. The van der Waals surface area contributed by atoms with Crippen molar-refractivity contribution in [2.75, 3.05) is 19.5 Å². The molecule has 0 aliphatic heterocycles. The maximum Gasteiger partial charge on any atom is 0.120 e. The van der Waals surface area contributed by atoms with E-state index in [0.29, 0.717) is 0 Å². The Balaban J connectivity index is 2.14. The predicted molar refractivity (Wildman–Crippen MR) is 82.6 cm³/mol. The van der Waals surface area contributed by atoms with Crippen LogP contribution < -0.4 is 14.8 Å². The number of hydrogen-bond acceptors (Lipinski definition) is 3. The highest BCUT2D eigenvalue weighted by Crippen LogP contribution is 2.26. The third kappa shape index (κ3) is 3.44. The minimum absolute atomic E-state index is 0.271. The Labute approximate surface area is 120 Å². The number of anilines is 1. The molecule has 106 valence electrons. The molecule has 2 aromatic rings. The van der Waals surface area contributed by atoms with Crippen LogP contribution in [0.3, 0.4) is 0 Å². The van der Waals surface area contributed by atoms with Gasteiger partial charge in [0.25, 0.3) is 0 Å². The Bertz CT molecular complexity index is 537. The third-order valence-corrected chi connectivity index (χ3v) is 3.34. The number of hydrogen-bond donors (Lipinski definition) is 1. The summed E-state index contributed by atoms with van der Waals surface area (Å²) in [7, 11) is 3.36. The average Bonchev–Trinajstić information content (AvgIpc) is 2.53. The molecule has 3 nitrogen and oxygen atoms in total. The Hall–Kier alpha value is -2.16. The van der Waals surface area contributed by atoms with Crippen molar-refractivity contribution in [1.29, 1.82) is 0 Å². The van der Waals surface area contributed by atoms with Gasteiger partial charge in [0.15, 0.2) is 0 Å². The number of ether oxygens (including phenoxy) is 2. The molecule has 1 unspecified atom stereocenters. The summed E-state index contributed by atoms with van der Waals surface area (Å²) in [6, 6.07) is 16.4. The fraction of sp³-hybridized carbons (Fsp3) is 0.294. The second-order valence-corrected chi connectivity index (χ2v) is 4.61. The topological polar surface area (TPSA) is 30.5 Å². The van der Waals surface area contributed by atoms with Gasteiger partial charge in [-0.05, 0) is 36.2 Å². The van der Waals surface area contributed by atoms with Crippen LogP contribution in [0.4, 0.5) is 5.69 Å². The van der Waals surface area contributed by atoms with Crippen LogP contribution in [0.15, 0.2) is 48.5 Å². The summed E-state index contributed by atoms with van der Waals surface area (Å²) >= 11 is 0. The third-order valence-electron chi connectivity index (χ3n) is 3.34. The smallest absolute Gasteiger partial charge is 0.120 e. The second kappa shape index (κ2) is 6.85. The summed E-state index contributed by atoms with van der Waals surface area (Å²) in [6.07, 6.45) is 1.00. The van der Waals surface area contributed by atoms with Gasteiger partial charge in [0.1, 0.15) is 11.5 Å². The molecule has 0 bridgehead atoms. The van der Waals surface area contributed by atoms with Crippen molar-refractivity contribution in [1.82, 2.24) is 0 Å². The Morgan fingerprint density at radius 3 is 2.25 bits per heavy atom. The lowest BCUT2D eigenvalue weighted by atomic mass is 10.0. The van der Waals surface area contributed by atoms with Gasteiger partial charge in [-0.15, -0.1) is 0 Å². The first-order valence-corrected chi connectivity index (χ1v) is 6.81. The Kier molecular flexibility index (Phi) is 4.88. The molecule has 20 heavy (non-hydrogen) atoms. The fourth-order valence-corrected chi connectivity index (χ4v) is 2.17. The highest BCUT2D eigenvalue weighted by atomic mass is 16.5. The normalized spacial score (nSPS) is 11.8. The van der Waals surface area contributed by atoms with Gasteiger partial charge in [0.2, 0.25) is 0 Å². The molecule has 0 aromatic heterocycles. The molecule has 1 atom stereocenters. The summed E-state index contributed by atoms with van der Waals surface area (Å²) < 4.78 is 10.4. The van der Waals surface area contributed by atoms with Gasteiger partial charge in [-0.1, -0.05) is 25.1 Å². The first-order chi connectivity index (χ1) is 9.76. The molecule has 3 heteroatoms. The first-order valence-electron chi connectivity index (χ1n) is 6.81. The number of methoxy groups -OCH3 is 2. The van der Waals surface area contributed by atoms with E-state index in [0.717, 1.165) is 23.6 Å². The molecule has 0 aliphatic rings. The maximum atomic E-state index is 5.25. The van der Waals surface area contributed by atoms with Crippen molar-refractivity contribution in [2.45, 2.75) is 19.4 Å². The van der Waals surface area contributed by atoms with E-state index in [4.69, 9.17) is 9.47 Å². The molecule has 0 aliphatic carbocycles. The van der Waals surface area contributed by atoms with E-state index in [2.05, 4.69) is 30.4 Å². The van der Waals surface area contributed by atoms with Crippen LogP contribution in [0.1, 0.15) is 24.9 Å². The highest BCUT2D eigenvalue weighted by Gasteiger charge is 2.09. The van der Waals surface area contributed by atoms with E-state index in [1.807, 2.05) is 30.3 Å². The van der Waals surface area contributed by atoms with Crippen molar-refractivity contribution in [3.63, 3.8) is 0 Å². The minimum atomic E-state index is 0.271. The second-order valence-electron chi connectivity index (χ2n) is 4.61. The van der Waals surface area contributed by atoms with E-state index < -0.39 is 0 Å². The van der Waals surface area contributed by atoms with Crippen LogP contribution in [-0.2, 0) is 0 Å². The quantitative estimate of drug-likeness (QED) is 0.851. The number of rotatable bonds is 6. The Morgan fingerprint density at radius 1 is 0.950 bits per heavy atom. The van der Waals surface area contributed by atoms with Gasteiger partial charge in [-0.2, -0.15) is 0 Å².